The summed E-state index contributed by atoms with van der Waals surface area (Å²) in [5.41, 5.74) is 2.46. The largest absolute Gasteiger partial charge is 0.258 e. The highest BCUT2D eigenvalue weighted by atomic mass is 14.7. The molecule has 1 aliphatic rings. The summed E-state index contributed by atoms with van der Waals surface area (Å²) in [5.74, 6) is 0.755. The molecule has 0 aromatic carbocycles. The van der Waals surface area contributed by atoms with E-state index < -0.39 is 0 Å². The second kappa shape index (κ2) is 3.26. The van der Waals surface area contributed by atoms with Crippen molar-refractivity contribution in [2.45, 2.75) is 38.5 Å². The lowest BCUT2D eigenvalue weighted by Crippen LogP contribution is -1.96. The summed E-state index contributed by atoms with van der Waals surface area (Å²) in [7, 11) is 0. The van der Waals surface area contributed by atoms with Crippen LogP contribution in [0.3, 0.4) is 0 Å². The first kappa shape index (κ1) is 7.78. The van der Waals surface area contributed by atoms with Crippen molar-refractivity contribution in [2.75, 3.05) is 0 Å². The van der Waals surface area contributed by atoms with E-state index in [2.05, 4.69) is 30.1 Å². The van der Waals surface area contributed by atoms with Gasteiger partial charge in [-0.05, 0) is 31.9 Å². The van der Waals surface area contributed by atoms with Crippen LogP contribution in [0.5, 0.6) is 0 Å². The molecule has 1 heterocycles. The molecule has 12 heavy (non-hydrogen) atoms. The van der Waals surface area contributed by atoms with Crippen LogP contribution in [0, 0.1) is 6.92 Å². The van der Waals surface area contributed by atoms with E-state index in [1.807, 2.05) is 0 Å². The molecule has 1 fully saturated rings. The lowest BCUT2D eigenvalue weighted by Gasteiger charge is -2.07. The Labute approximate surface area is 73.8 Å². The summed E-state index contributed by atoms with van der Waals surface area (Å²) in [5, 5.41) is 0. The zero-order chi connectivity index (χ0) is 8.39. The molecule has 1 saturated carbocycles. The van der Waals surface area contributed by atoms with E-state index in [0.29, 0.717) is 0 Å². The van der Waals surface area contributed by atoms with Crippen LogP contribution >= 0.6 is 0 Å². The number of rotatable bonds is 1. The average molecular weight is 161 g/mol. The Balaban J connectivity index is 2.21. The van der Waals surface area contributed by atoms with Crippen LogP contribution in [-0.4, -0.2) is 4.98 Å². The molecule has 1 aromatic heterocycles. The summed E-state index contributed by atoms with van der Waals surface area (Å²) in [4.78, 5) is 4.56. The number of hydrogen-bond acceptors (Lipinski definition) is 1. The molecule has 0 atom stereocenters. The van der Waals surface area contributed by atoms with Gasteiger partial charge < -0.3 is 0 Å². The van der Waals surface area contributed by atoms with E-state index in [0.717, 1.165) is 11.6 Å². The Morgan fingerprint density at radius 2 is 2.00 bits per heavy atom. The van der Waals surface area contributed by atoms with Gasteiger partial charge in [-0.3, -0.25) is 4.98 Å². The van der Waals surface area contributed by atoms with Gasteiger partial charge in [-0.15, -0.1) is 0 Å². The Morgan fingerprint density at radius 3 is 2.67 bits per heavy atom. The molecule has 0 N–H and O–H groups in total. The van der Waals surface area contributed by atoms with Crippen LogP contribution in [0.15, 0.2) is 18.2 Å². The smallest absolute Gasteiger partial charge is 0.0437 e. The minimum absolute atomic E-state index is 0.755. The van der Waals surface area contributed by atoms with E-state index in [1.54, 1.807) is 0 Å². The van der Waals surface area contributed by atoms with Gasteiger partial charge in [0.05, 0.1) is 0 Å². The molecule has 1 aromatic rings. The fourth-order valence-corrected chi connectivity index (χ4v) is 2.01. The predicted octanol–water partition coefficient (Wildman–Crippen LogP) is 3.05. The molecule has 0 spiro atoms. The van der Waals surface area contributed by atoms with Gasteiger partial charge in [0.15, 0.2) is 0 Å². The van der Waals surface area contributed by atoms with Gasteiger partial charge in [0.2, 0.25) is 0 Å². The van der Waals surface area contributed by atoms with Crippen molar-refractivity contribution in [1.82, 2.24) is 4.98 Å². The Hall–Kier alpha value is -0.850. The van der Waals surface area contributed by atoms with Gasteiger partial charge in [-0.25, -0.2) is 0 Å². The van der Waals surface area contributed by atoms with Gasteiger partial charge in [0, 0.05) is 17.3 Å². The molecule has 2 rings (SSSR count). The van der Waals surface area contributed by atoms with Crippen LogP contribution in [0.2, 0.25) is 0 Å². The van der Waals surface area contributed by atoms with Crippen molar-refractivity contribution in [3.8, 4) is 0 Å². The molecular formula is C11H15N. The number of aryl methyl sites for hydroxylation is 1. The number of nitrogens with zero attached hydrogens (tertiary/aromatic N) is 1. The molecule has 0 unspecified atom stereocenters. The highest BCUT2D eigenvalue weighted by Gasteiger charge is 2.17. The number of pyridine rings is 1. The summed E-state index contributed by atoms with van der Waals surface area (Å²) < 4.78 is 0. The zero-order valence-electron chi connectivity index (χ0n) is 7.59. The second-order valence-electron chi connectivity index (χ2n) is 3.69. The lowest BCUT2D eigenvalue weighted by molar-refractivity contribution is 0.694. The standard InChI is InChI=1S/C11H15N/c1-9-5-4-8-11(12-9)10-6-2-3-7-10/h4-5,8,10H,2-3,6-7H2,1H3. The number of hydrogen-bond donors (Lipinski definition) is 0. The maximum absolute atomic E-state index is 4.56. The molecule has 0 radical (unpaired) electrons. The van der Waals surface area contributed by atoms with Crippen molar-refractivity contribution in [2.24, 2.45) is 0 Å². The summed E-state index contributed by atoms with van der Waals surface area (Å²) in [6.07, 6.45) is 5.47. The highest BCUT2D eigenvalue weighted by Crippen LogP contribution is 2.32. The van der Waals surface area contributed by atoms with E-state index in [4.69, 9.17) is 0 Å². The van der Waals surface area contributed by atoms with Gasteiger partial charge in [-0.2, -0.15) is 0 Å². The maximum Gasteiger partial charge on any atom is 0.0437 e. The Kier molecular flexibility index (Phi) is 2.11. The van der Waals surface area contributed by atoms with Gasteiger partial charge in [-0.1, -0.05) is 18.9 Å². The second-order valence-corrected chi connectivity index (χ2v) is 3.69. The third-order valence-corrected chi connectivity index (χ3v) is 2.68. The predicted molar refractivity (Wildman–Crippen MR) is 50.2 cm³/mol. The van der Waals surface area contributed by atoms with Gasteiger partial charge in [0.1, 0.15) is 0 Å². The first-order valence-corrected chi connectivity index (χ1v) is 4.80. The summed E-state index contributed by atoms with van der Waals surface area (Å²) >= 11 is 0. The van der Waals surface area contributed by atoms with Crippen molar-refractivity contribution in [3.05, 3.63) is 29.6 Å². The van der Waals surface area contributed by atoms with Crippen LogP contribution in [0.25, 0.3) is 0 Å². The molecule has 0 amide bonds. The van der Waals surface area contributed by atoms with E-state index >= 15 is 0 Å². The van der Waals surface area contributed by atoms with Crippen LogP contribution in [0.4, 0.5) is 0 Å². The fourth-order valence-electron chi connectivity index (χ4n) is 2.01. The minimum atomic E-state index is 0.755. The van der Waals surface area contributed by atoms with E-state index in [-0.39, 0.29) is 0 Å². The van der Waals surface area contributed by atoms with Gasteiger partial charge in [0.25, 0.3) is 0 Å². The monoisotopic (exact) mass is 161 g/mol. The van der Waals surface area contributed by atoms with Crippen molar-refractivity contribution in [1.29, 1.82) is 0 Å². The molecule has 1 aliphatic carbocycles. The Bertz CT molecular complexity index is 261. The Morgan fingerprint density at radius 1 is 1.25 bits per heavy atom. The van der Waals surface area contributed by atoms with Gasteiger partial charge >= 0.3 is 0 Å². The quantitative estimate of drug-likeness (QED) is 0.617. The summed E-state index contributed by atoms with van der Waals surface area (Å²) in [6.45, 7) is 2.07. The molecule has 1 nitrogen and oxygen atoms in total. The lowest BCUT2D eigenvalue weighted by atomic mass is 10.0. The average Bonchev–Trinajstić information content (AvgIpc) is 2.56. The first-order chi connectivity index (χ1) is 5.86. The maximum atomic E-state index is 4.56. The highest BCUT2D eigenvalue weighted by molar-refractivity contribution is 5.14. The van der Waals surface area contributed by atoms with E-state index in [1.165, 1.54) is 31.4 Å². The molecule has 1 heteroatoms. The molecule has 0 saturated heterocycles. The molecular weight excluding hydrogens is 146 g/mol. The van der Waals surface area contributed by atoms with Crippen LogP contribution < -0.4 is 0 Å². The fraction of sp³-hybridized carbons (Fsp3) is 0.545. The SMILES string of the molecule is Cc1cccc(C2CCCC2)n1. The summed E-state index contributed by atoms with van der Waals surface area (Å²) in [6, 6.07) is 6.36. The van der Waals surface area contributed by atoms with E-state index in [9.17, 15) is 0 Å². The molecule has 0 aliphatic heterocycles. The first-order valence-electron chi connectivity index (χ1n) is 4.80. The van der Waals surface area contributed by atoms with Crippen molar-refractivity contribution < 1.29 is 0 Å². The third-order valence-electron chi connectivity index (χ3n) is 2.68. The van der Waals surface area contributed by atoms with Crippen LogP contribution in [-0.2, 0) is 0 Å². The minimum Gasteiger partial charge on any atom is -0.258 e. The van der Waals surface area contributed by atoms with Crippen LogP contribution in [0.1, 0.15) is 43.0 Å². The molecule has 64 valence electrons. The topological polar surface area (TPSA) is 12.9 Å². The van der Waals surface area contributed by atoms with Crippen molar-refractivity contribution in [3.63, 3.8) is 0 Å². The molecule has 0 bridgehead atoms. The third kappa shape index (κ3) is 1.50. The normalized spacial score (nSPS) is 18.4. The zero-order valence-corrected chi connectivity index (χ0v) is 7.59. The number of aromatic nitrogens is 1. The van der Waals surface area contributed by atoms with Crippen molar-refractivity contribution >= 4 is 0 Å².